The van der Waals surface area contributed by atoms with Crippen LogP contribution in [0.4, 0.5) is 5.69 Å². The Kier molecular flexibility index (Phi) is 4.38. The summed E-state index contributed by atoms with van der Waals surface area (Å²) in [5, 5.41) is 15.0. The number of tetrazole rings is 1. The van der Waals surface area contributed by atoms with Crippen molar-refractivity contribution >= 4 is 22.7 Å². The van der Waals surface area contributed by atoms with Gasteiger partial charge in [-0.25, -0.2) is 4.98 Å². The standard InChI is InChI=1S/C20H20N6O2/c1-20(2,3)19-22-15-11-14(9-10-16(15)28-19)21-17(27)12-26-24-18(23-25-26)13-7-5-4-6-8-13/h4-11H,12H2,1-3H3,(H,21,27). The Bertz CT molecular complexity index is 1120. The number of nitrogens with one attached hydrogen (secondary N) is 1. The number of fused-ring (bicyclic) bond motifs is 1. The molecule has 4 aromatic rings. The monoisotopic (exact) mass is 376 g/mol. The van der Waals surface area contributed by atoms with Gasteiger partial charge in [0.2, 0.25) is 17.6 Å². The number of nitrogens with zero attached hydrogens (tertiary/aromatic N) is 5. The summed E-state index contributed by atoms with van der Waals surface area (Å²) in [6, 6.07) is 14.9. The molecule has 2 heterocycles. The van der Waals surface area contributed by atoms with Crippen LogP contribution in [0, 0.1) is 0 Å². The Morgan fingerprint density at radius 2 is 1.93 bits per heavy atom. The maximum Gasteiger partial charge on any atom is 0.248 e. The van der Waals surface area contributed by atoms with Crippen LogP contribution in [0.5, 0.6) is 0 Å². The number of hydrogen-bond donors (Lipinski definition) is 1. The lowest BCUT2D eigenvalue weighted by Gasteiger charge is -2.11. The fourth-order valence-corrected chi connectivity index (χ4v) is 2.67. The minimum Gasteiger partial charge on any atom is -0.440 e. The molecule has 2 aromatic heterocycles. The summed E-state index contributed by atoms with van der Waals surface area (Å²) in [4.78, 5) is 18.1. The highest BCUT2D eigenvalue weighted by Gasteiger charge is 2.21. The lowest BCUT2D eigenvalue weighted by Crippen LogP contribution is -2.20. The maximum atomic E-state index is 12.3. The second-order valence-corrected chi connectivity index (χ2v) is 7.51. The van der Waals surface area contributed by atoms with Crippen LogP contribution in [0.15, 0.2) is 52.9 Å². The van der Waals surface area contributed by atoms with E-state index in [-0.39, 0.29) is 17.9 Å². The highest BCUT2D eigenvalue weighted by Crippen LogP contribution is 2.27. The van der Waals surface area contributed by atoms with Gasteiger partial charge in [0.25, 0.3) is 0 Å². The molecule has 0 atom stereocenters. The Hall–Kier alpha value is -3.55. The zero-order valence-electron chi connectivity index (χ0n) is 15.9. The summed E-state index contributed by atoms with van der Waals surface area (Å²) in [6.07, 6.45) is 0. The van der Waals surface area contributed by atoms with Crippen LogP contribution in [0.2, 0.25) is 0 Å². The van der Waals surface area contributed by atoms with E-state index >= 15 is 0 Å². The highest BCUT2D eigenvalue weighted by molar-refractivity contribution is 5.92. The van der Waals surface area contributed by atoms with Crippen molar-refractivity contribution in [2.75, 3.05) is 5.32 Å². The van der Waals surface area contributed by atoms with Crippen molar-refractivity contribution < 1.29 is 9.21 Å². The van der Waals surface area contributed by atoms with Crippen molar-refractivity contribution in [3.8, 4) is 11.4 Å². The first-order valence-corrected chi connectivity index (χ1v) is 8.93. The van der Waals surface area contributed by atoms with E-state index < -0.39 is 0 Å². The largest absolute Gasteiger partial charge is 0.440 e. The zero-order valence-corrected chi connectivity index (χ0v) is 15.9. The van der Waals surface area contributed by atoms with Crippen LogP contribution >= 0.6 is 0 Å². The maximum absolute atomic E-state index is 12.3. The minimum atomic E-state index is -0.254. The van der Waals surface area contributed by atoms with Crippen molar-refractivity contribution in [2.45, 2.75) is 32.7 Å². The number of hydrogen-bond acceptors (Lipinski definition) is 6. The summed E-state index contributed by atoms with van der Waals surface area (Å²) < 4.78 is 5.78. The van der Waals surface area contributed by atoms with Gasteiger partial charge in [0.1, 0.15) is 12.1 Å². The minimum absolute atomic E-state index is 0.0378. The molecule has 8 heteroatoms. The van der Waals surface area contributed by atoms with Crippen LogP contribution in [0.1, 0.15) is 26.7 Å². The second kappa shape index (κ2) is 6.88. The number of rotatable bonds is 4. The molecule has 0 unspecified atom stereocenters. The third kappa shape index (κ3) is 3.75. The molecule has 28 heavy (non-hydrogen) atoms. The van der Waals surface area contributed by atoms with E-state index in [2.05, 4.69) is 25.7 Å². The third-order valence-corrected chi connectivity index (χ3v) is 4.08. The van der Waals surface area contributed by atoms with Crippen molar-refractivity contribution in [1.29, 1.82) is 0 Å². The van der Waals surface area contributed by atoms with Gasteiger partial charge in [-0.15, -0.1) is 10.2 Å². The molecular weight excluding hydrogens is 356 g/mol. The quantitative estimate of drug-likeness (QED) is 0.586. The van der Waals surface area contributed by atoms with E-state index in [4.69, 9.17) is 4.42 Å². The molecule has 0 bridgehead atoms. The molecule has 0 fully saturated rings. The van der Waals surface area contributed by atoms with Crippen LogP contribution < -0.4 is 5.32 Å². The van der Waals surface area contributed by atoms with Gasteiger partial charge in [-0.2, -0.15) is 4.80 Å². The predicted octanol–water partition coefficient (Wildman–Crippen LogP) is 3.42. The Morgan fingerprint density at radius 3 is 2.68 bits per heavy atom. The molecule has 0 saturated carbocycles. The van der Waals surface area contributed by atoms with Gasteiger partial charge >= 0.3 is 0 Å². The molecule has 2 aromatic carbocycles. The molecule has 0 aliphatic rings. The number of benzene rings is 2. The Labute approximate surface area is 161 Å². The normalized spacial score (nSPS) is 11.7. The van der Waals surface area contributed by atoms with Crippen LogP contribution in [-0.2, 0) is 16.8 Å². The first-order chi connectivity index (χ1) is 13.4. The average molecular weight is 376 g/mol. The van der Waals surface area contributed by atoms with E-state index in [1.165, 1.54) is 4.80 Å². The topological polar surface area (TPSA) is 98.7 Å². The molecule has 0 saturated heterocycles. The number of carbonyl (C=O) groups is 1. The SMILES string of the molecule is CC(C)(C)c1nc2cc(NC(=O)Cn3nnc(-c4ccccc4)n3)ccc2o1. The van der Waals surface area contributed by atoms with Gasteiger partial charge < -0.3 is 9.73 Å². The molecule has 0 aliphatic carbocycles. The molecule has 142 valence electrons. The molecule has 4 rings (SSSR count). The summed E-state index contributed by atoms with van der Waals surface area (Å²) >= 11 is 0. The average Bonchev–Trinajstić information content (AvgIpc) is 3.28. The first kappa shape index (κ1) is 17.8. The molecule has 8 nitrogen and oxygen atoms in total. The van der Waals surface area contributed by atoms with Crippen molar-refractivity contribution in [2.24, 2.45) is 0 Å². The summed E-state index contributed by atoms with van der Waals surface area (Å²) in [5.74, 6) is 0.884. The van der Waals surface area contributed by atoms with Crippen LogP contribution in [-0.4, -0.2) is 31.1 Å². The Balaban J connectivity index is 1.46. The first-order valence-electron chi connectivity index (χ1n) is 8.93. The van der Waals surface area contributed by atoms with Crippen LogP contribution in [0.25, 0.3) is 22.5 Å². The molecule has 1 amide bonds. The summed E-state index contributed by atoms with van der Waals surface area (Å²) in [7, 11) is 0. The number of carbonyl (C=O) groups excluding carboxylic acids is 1. The van der Waals surface area contributed by atoms with Gasteiger partial charge in [0.05, 0.1) is 0 Å². The number of amides is 1. The predicted molar refractivity (Wildman–Crippen MR) is 105 cm³/mol. The highest BCUT2D eigenvalue weighted by atomic mass is 16.3. The van der Waals surface area contributed by atoms with Gasteiger partial charge in [0, 0.05) is 16.7 Å². The zero-order chi connectivity index (χ0) is 19.7. The van der Waals surface area contributed by atoms with Gasteiger partial charge in [-0.05, 0) is 23.4 Å². The second-order valence-electron chi connectivity index (χ2n) is 7.51. The van der Waals surface area contributed by atoms with Gasteiger partial charge in [-0.3, -0.25) is 4.79 Å². The van der Waals surface area contributed by atoms with E-state index in [9.17, 15) is 4.79 Å². The molecule has 1 N–H and O–H groups in total. The summed E-state index contributed by atoms with van der Waals surface area (Å²) in [5.41, 5.74) is 2.69. The fraction of sp³-hybridized carbons (Fsp3) is 0.250. The smallest absolute Gasteiger partial charge is 0.248 e. The lowest BCUT2D eigenvalue weighted by atomic mass is 9.97. The number of aromatic nitrogens is 5. The fourth-order valence-electron chi connectivity index (χ4n) is 2.67. The third-order valence-electron chi connectivity index (χ3n) is 4.08. The number of oxazole rings is 1. The lowest BCUT2D eigenvalue weighted by molar-refractivity contribution is -0.117. The number of anilines is 1. The van der Waals surface area contributed by atoms with Crippen molar-refractivity contribution in [3.63, 3.8) is 0 Å². The molecular formula is C20H20N6O2. The van der Waals surface area contributed by atoms with E-state index in [0.717, 1.165) is 5.56 Å². The molecule has 0 radical (unpaired) electrons. The van der Waals surface area contributed by atoms with Crippen molar-refractivity contribution in [1.82, 2.24) is 25.2 Å². The van der Waals surface area contributed by atoms with Gasteiger partial charge in [-0.1, -0.05) is 51.1 Å². The van der Waals surface area contributed by atoms with Gasteiger partial charge in [0.15, 0.2) is 5.58 Å². The van der Waals surface area contributed by atoms with E-state index in [1.807, 2.05) is 51.1 Å². The molecule has 0 spiro atoms. The Morgan fingerprint density at radius 1 is 1.14 bits per heavy atom. The van der Waals surface area contributed by atoms with E-state index in [1.54, 1.807) is 18.2 Å². The summed E-state index contributed by atoms with van der Waals surface area (Å²) in [6.45, 7) is 6.07. The van der Waals surface area contributed by atoms with Crippen LogP contribution in [0.3, 0.4) is 0 Å². The molecule has 0 aliphatic heterocycles. The van der Waals surface area contributed by atoms with Crippen molar-refractivity contribution in [3.05, 3.63) is 54.4 Å². The van der Waals surface area contributed by atoms with E-state index in [0.29, 0.717) is 28.5 Å².